The van der Waals surface area contributed by atoms with Gasteiger partial charge in [0.15, 0.2) is 0 Å². The fourth-order valence-corrected chi connectivity index (χ4v) is 3.51. The number of nitrogens with zero attached hydrogens (tertiary/aromatic N) is 2. The van der Waals surface area contributed by atoms with Gasteiger partial charge < -0.3 is 10.2 Å². The molecule has 0 aliphatic carbocycles. The number of imide groups is 1. The van der Waals surface area contributed by atoms with E-state index in [0.29, 0.717) is 29.6 Å². The second kappa shape index (κ2) is 7.35. The number of piperidine rings is 1. The summed E-state index contributed by atoms with van der Waals surface area (Å²) in [5.41, 5.74) is 0.753. The number of fused-ring (bicyclic) bond motifs is 1. The lowest BCUT2D eigenvalue weighted by Crippen LogP contribution is -2.44. The standard InChI is InChI=1S/C19H25N3O3/c1-13(2)21-9-7-14(8-10-21)11-20-17(23)12-22-18(24)15-5-3-4-6-16(15)19(22)25/h3-6,13-14H,7-12H2,1-2H3,(H,20,23). The van der Waals surface area contributed by atoms with Crippen LogP contribution >= 0.6 is 0 Å². The third-order valence-corrected chi connectivity index (χ3v) is 5.15. The van der Waals surface area contributed by atoms with Gasteiger partial charge in [0.25, 0.3) is 11.8 Å². The molecular formula is C19H25N3O3. The molecule has 3 rings (SSSR count). The summed E-state index contributed by atoms with van der Waals surface area (Å²) >= 11 is 0. The number of carbonyl (C=O) groups excluding carboxylic acids is 3. The summed E-state index contributed by atoms with van der Waals surface area (Å²) in [4.78, 5) is 40.2. The molecule has 2 aliphatic heterocycles. The van der Waals surface area contributed by atoms with E-state index in [0.717, 1.165) is 30.8 Å². The van der Waals surface area contributed by atoms with Crippen LogP contribution in [0.4, 0.5) is 0 Å². The lowest BCUT2D eigenvalue weighted by Gasteiger charge is -2.34. The van der Waals surface area contributed by atoms with Crippen LogP contribution in [0.15, 0.2) is 24.3 Å². The Bertz CT molecular complexity index is 643. The fourth-order valence-electron chi connectivity index (χ4n) is 3.51. The highest BCUT2D eigenvalue weighted by Gasteiger charge is 2.36. The van der Waals surface area contributed by atoms with E-state index in [1.807, 2.05) is 0 Å². The second-order valence-electron chi connectivity index (χ2n) is 7.12. The van der Waals surface area contributed by atoms with Gasteiger partial charge in [-0.25, -0.2) is 0 Å². The Morgan fingerprint density at radius 1 is 1.12 bits per heavy atom. The summed E-state index contributed by atoms with van der Waals surface area (Å²) in [6.45, 7) is 6.90. The summed E-state index contributed by atoms with van der Waals surface area (Å²) in [6.07, 6.45) is 2.12. The molecule has 1 aromatic carbocycles. The quantitative estimate of drug-likeness (QED) is 0.823. The number of rotatable bonds is 5. The van der Waals surface area contributed by atoms with E-state index in [1.165, 1.54) is 0 Å². The maximum Gasteiger partial charge on any atom is 0.262 e. The zero-order valence-electron chi connectivity index (χ0n) is 14.8. The zero-order chi connectivity index (χ0) is 18.0. The van der Waals surface area contributed by atoms with Crippen molar-refractivity contribution >= 4 is 17.7 Å². The molecule has 0 spiro atoms. The van der Waals surface area contributed by atoms with Gasteiger partial charge in [-0.05, 0) is 57.8 Å². The lowest BCUT2D eigenvalue weighted by atomic mass is 9.96. The Hall–Kier alpha value is -2.21. The monoisotopic (exact) mass is 343 g/mol. The minimum Gasteiger partial charge on any atom is -0.354 e. The largest absolute Gasteiger partial charge is 0.354 e. The number of hydrogen-bond acceptors (Lipinski definition) is 4. The molecule has 25 heavy (non-hydrogen) atoms. The predicted octanol–water partition coefficient (Wildman–Crippen LogP) is 1.52. The molecule has 1 N–H and O–H groups in total. The van der Waals surface area contributed by atoms with Gasteiger partial charge in [-0.1, -0.05) is 12.1 Å². The molecule has 0 aromatic heterocycles. The van der Waals surface area contributed by atoms with Crippen molar-refractivity contribution < 1.29 is 14.4 Å². The number of carbonyl (C=O) groups is 3. The molecule has 0 radical (unpaired) electrons. The third kappa shape index (κ3) is 3.74. The highest BCUT2D eigenvalue weighted by Crippen LogP contribution is 2.22. The van der Waals surface area contributed by atoms with Gasteiger partial charge in [-0.2, -0.15) is 0 Å². The number of benzene rings is 1. The summed E-state index contributed by atoms with van der Waals surface area (Å²) in [5, 5.41) is 2.89. The van der Waals surface area contributed by atoms with Crippen LogP contribution in [0.1, 0.15) is 47.4 Å². The highest BCUT2D eigenvalue weighted by molar-refractivity contribution is 6.22. The van der Waals surface area contributed by atoms with Crippen molar-refractivity contribution in [2.24, 2.45) is 5.92 Å². The van der Waals surface area contributed by atoms with Crippen LogP contribution in [0.2, 0.25) is 0 Å². The smallest absolute Gasteiger partial charge is 0.262 e. The SMILES string of the molecule is CC(C)N1CCC(CNC(=O)CN2C(=O)c3ccccc3C2=O)CC1. The summed E-state index contributed by atoms with van der Waals surface area (Å²) < 4.78 is 0. The minimum absolute atomic E-state index is 0.211. The molecule has 1 fully saturated rings. The second-order valence-corrected chi connectivity index (χ2v) is 7.12. The van der Waals surface area contributed by atoms with E-state index in [4.69, 9.17) is 0 Å². The number of amides is 3. The van der Waals surface area contributed by atoms with Crippen LogP contribution in [0.3, 0.4) is 0 Å². The summed E-state index contributed by atoms with van der Waals surface area (Å²) in [7, 11) is 0. The molecule has 1 aromatic rings. The van der Waals surface area contributed by atoms with Gasteiger partial charge >= 0.3 is 0 Å². The van der Waals surface area contributed by atoms with Crippen molar-refractivity contribution in [3.63, 3.8) is 0 Å². The number of hydrogen-bond donors (Lipinski definition) is 1. The fraction of sp³-hybridized carbons (Fsp3) is 0.526. The Morgan fingerprint density at radius 2 is 1.68 bits per heavy atom. The Kier molecular flexibility index (Phi) is 5.18. The van der Waals surface area contributed by atoms with E-state index >= 15 is 0 Å². The van der Waals surface area contributed by atoms with Crippen molar-refractivity contribution in [1.29, 1.82) is 0 Å². The summed E-state index contributed by atoms with van der Waals surface area (Å²) in [5.74, 6) is -0.594. The normalized spacial score (nSPS) is 18.8. The third-order valence-electron chi connectivity index (χ3n) is 5.15. The average Bonchev–Trinajstić information content (AvgIpc) is 2.86. The van der Waals surface area contributed by atoms with E-state index in [-0.39, 0.29) is 24.3 Å². The van der Waals surface area contributed by atoms with Crippen molar-refractivity contribution in [2.75, 3.05) is 26.2 Å². The molecule has 0 unspecified atom stereocenters. The first-order valence-corrected chi connectivity index (χ1v) is 8.93. The minimum atomic E-state index is -0.388. The number of likely N-dealkylation sites (tertiary alicyclic amines) is 1. The Balaban J connectivity index is 1.48. The van der Waals surface area contributed by atoms with Crippen LogP contribution in [-0.4, -0.2) is 59.7 Å². The van der Waals surface area contributed by atoms with Gasteiger partial charge in [0, 0.05) is 12.6 Å². The van der Waals surface area contributed by atoms with Crippen LogP contribution in [0.5, 0.6) is 0 Å². The molecule has 6 heteroatoms. The van der Waals surface area contributed by atoms with Crippen molar-refractivity contribution in [3.05, 3.63) is 35.4 Å². The molecule has 1 saturated heterocycles. The van der Waals surface area contributed by atoms with Crippen LogP contribution in [0, 0.1) is 5.92 Å². The first-order chi connectivity index (χ1) is 12.0. The van der Waals surface area contributed by atoms with Gasteiger partial charge in [0.05, 0.1) is 11.1 Å². The highest BCUT2D eigenvalue weighted by atomic mass is 16.2. The number of nitrogens with one attached hydrogen (secondary N) is 1. The van der Waals surface area contributed by atoms with E-state index in [9.17, 15) is 14.4 Å². The molecule has 0 saturated carbocycles. The lowest BCUT2D eigenvalue weighted by molar-refractivity contribution is -0.121. The van der Waals surface area contributed by atoms with Crippen LogP contribution < -0.4 is 5.32 Å². The van der Waals surface area contributed by atoms with Crippen LogP contribution in [-0.2, 0) is 4.79 Å². The van der Waals surface area contributed by atoms with Crippen LogP contribution in [0.25, 0.3) is 0 Å². The Labute approximate surface area is 148 Å². The molecular weight excluding hydrogens is 318 g/mol. The zero-order valence-corrected chi connectivity index (χ0v) is 14.8. The Morgan fingerprint density at radius 3 is 2.20 bits per heavy atom. The molecule has 2 aliphatic rings. The van der Waals surface area contributed by atoms with E-state index < -0.39 is 0 Å². The molecule has 0 atom stereocenters. The first-order valence-electron chi connectivity index (χ1n) is 8.93. The maximum absolute atomic E-state index is 12.3. The topological polar surface area (TPSA) is 69.7 Å². The van der Waals surface area contributed by atoms with E-state index in [1.54, 1.807) is 24.3 Å². The first kappa shape index (κ1) is 17.6. The van der Waals surface area contributed by atoms with Crippen molar-refractivity contribution in [3.8, 4) is 0 Å². The van der Waals surface area contributed by atoms with E-state index in [2.05, 4.69) is 24.1 Å². The van der Waals surface area contributed by atoms with Crippen molar-refractivity contribution in [1.82, 2.24) is 15.1 Å². The average molecular weight is 343 g/mol. The summed E-state index contributed by atoms with van der Waals surface area (Å²) in [6, 6.07) is 7.24. The van der Waals surface area contributed by atoms with Gasteiger partial charge in [-0.3, -0.25) is 19.3 Å². The molecule has 3 amide bonds. The van der Waals surface area contributed by atoms with Gasteiger partial charge in [0.2, 0.25) is 5.91 Å². The van der Waals surface area contributed by atoms with Gasteiger partial charge in [0.1, 0.15) is 6.54 Å². The molecule has 2 heterocycles. The molecule has 134 valence electrons. The maximum atomic E-state index is 12.3. The molecule has 6 nitrogen and oxygen atoms in total. The molecule has 0 bridgehead atoms. The predicted molar refractivity (Wildman–Crippen MR) is 94.3 cm³/mol. The van der Waals surface area contributed by atoms with Crippen molar-refractivity contribution in [2.45, 2.75) is 32.7 Å². The van der Waals surface area contributed by atoms with Gasteiger partial charge in [-0.15, -0.1) is 0 Å².